The summed E-state index contributed by atoms with van der Waals surface area (Å²) in [5.41, 5.74) is 0. The molecule has 2 aliphatic rings. The van der Waals surface area contributed by atoms with Crippen LogP contribution in [0.25, 0.3) is 0 Å². The molecule has 0 nitrogen and oxygen atoms in total. The molecular formula is C19H31F5. The lowest BCUT2D eigenvalue weighted by molar-refractivity contribution is -0.306. The SMILES string of the molecule is CCC(CC)C1CCC(C2CCC(C(F)(F)C(F)(F)F)CC2)CC1. The van der Waals surface area contributed by atoms with E-state index in [2.05, 4.69) is 13.8 Å². The number of halogens is 5. The second-order valence-corrected chi connectivity index (χ2v) is 7.98. The van der Waals surface area contributed by atoms with Crippen molar-refractivity contribution in [2.24, 2.45) is 29.6 Å². The molecule has 0 spiro atoms. The highest BCUT2D eigenvalue weighted by Crippen LogP contribution is 2.50. The highest BCUT2D eigenvalue weighted by molar-refractivity contribution is 4.90. The van der Waals surface area contributed by atoms with Crippen molar-refractivity contribution >= 4 is 0 Å². The monoisotopic (exact) mass is 354 g/mol. The van der Waals surface area contributed by atoms with Crippen LogP contribution in [0, 0.1) is 29.6 Å². The zero-order valence-electron chi connectivity index (χ0n) is 14.8. The molecular weight excluding hydrogens is 323 g/mol. The van der Waals surface area contributed by atoms with Crippen molar-refractivity contribution in [2.45, 2.75) is 90.2 Å². The molecule has 0 atom stereocenters. The Morgan fingerprint density at radius 3 is 1.50 bits per heavy atom. The molecule has 0 bridgehead atoms. The third-order valence-corrected chi connectivity index (χ3v) is 6.86. The molecule has 0 radical (unpaired) electrons. The summed E-state index contributed by atoms with van der Waals surface area (Å²) in [7, 11) is 0. The van der Waals surface area contributed by atoms with Gasteiger partial charge in [0.25, 0.3) is 0 Å². The topological polar surface area (TPSA) is 0 Å². The van der Waals surface area contributed by atoms with E-state index >= 15 is 0 Å². The van der Waals surface area contributed by atoms with E-state index < -0.39 is 18.0 Å². The van der Waals surface area contributed by atoms with Gasteiger partial charge in [0, 0.05) is 5.92 Å². The fraction of sp³-hybridized carbons (Fsp3) is 1.00. The van der Waals surface area contributed by atoms with E-state index in [0.29, 0.717) is 24.7 Å². The molecule has 0 heterocycles. The minimum atomic E-state index is -5.40. The van der Waals surface area contributed by atoms with Gasteiger partial charge in [0.15, 0.2) is 0 Å². The van der Waals surface area contributed by atoms with Gasteiger partial charge in [-0.2, -0.15) is 22.0 Å². The molecule has 0 aromatic heterocycles. The van der Waals surface area contributed by atoms with Crippen molar-refractivity contribution in [3.63, 3.8) is 0 Å². The van der Waals surface area contributed by atoms with E-state index in [4.69, 9.17) is 0 Å². The standard InChI is InChI=1S/C19H31F5/c1-3-13(4-2)14-5-7-15(8-6-14)16-9-11-17(12-10-16)18(20,21)19(22,23)24/h13-17H,3-12H2,1-2H3. The molecule has 2 aliphatic carbocycles. The van der Waals surface area contributed by atoms with Crippen molar-refractivity contribution < 1.29 is 22.0 Å². The van der Waals surface area contributed by atoms with Gasteiger partial charge in [0.1, 0.15) is 0 Å². The van der Waals surface area contributed by atoms with E-state index in [9.17, 15) is 22.0 Å². The van der Waals surface area contributed by atoms with Crippen LogP contribution in [-0.4, -0.2) is 12.1 Å². The molecule has 0 N–H and O–H groups in total. The molecule has 0 saturated heterocycles. The fourth-order valence-electron chi connectivity index (χ4n) is 5.23. The summed E-state index contributed by atoms with van der Waals surface area (Å²) < 4.78 is 64.5. The summed E-state index contributed by atoms with van der Waals surface area (Å²) in [4.78, 5) is 0. The van der Waals surface area contributed by atoms with Crippen LogP contribution in [0.2, 0.25) is 0 Å². The molecule has 0 aromatic carbocycles. The third kappa shape index (κ3) is 4.24. The molecule has 24 heavy (non-hydrogen) atoms. The molecule has 0 unspecified atom stereocenters. The first-order chi connectivity index (χ1) is 11.2. The van der Waals surface area contributed by atoms with Gasteiger partial charge in [-0.05, 0) is 75.0 Å². The minimum Gasteiger partial charge on any atom is -0.196 e. The van der Waals surface area contributed by atoms with Crippen LogP contribution in [0.4, 0.5) is 22.0 Å². The number of alkyl halides is 5. The van der Waals surface area contributed by atoms with Crippen LogP contribution in [0.1, 0.15) is 78.1 Å². The number of rotatable bonds is 5. The smallest absolute Gasteiger partial charge is 0.196 e. The van der Waals surface area contributed by atoms with Gasteiger partial charge in [-0.15, -0.1) is 0 Å². The van der Waals surface area contributed by atoms with Crippen molar-refractivity contribution in [1.29, 1.82) is 0 Å². The molecule has 142 valence electrons. The number of hydrogen-bond acceptors (Lipinski definition) is 0. The first kappa shape index (κ1) is 20.0. The second-order valence-electron chi connectivity index (χ2n) is 7.98. The second kappa shape index (κ2) is 7.90. The Labute approximate surface area is 142 Å². The van der Waals surface area contributed by atoms with Gasteiger partial charge in [0.2, 0.25) is 0 Å². The van der Waals surface area contributed by atoms with Crippen molar-refractivity contribution in [3.8, 4) is 0 Å². The average molecular weight is 354 g/mol. The summed E-state index contributed by atoms with van der Waals surface area (Å²) in [5, 5.41) is 0. The van der Waals surface area contributed by atoms with E-state index in [0.717, 1.165) is 24.7 Å². The van der Waals surface area contributed by atoms with Crippen molar-refractivity contribution in [1.82, 2.24) is 0 Å². The lowest BCUT2D eigenvalue weighted by Crippen LogP contribution is -2.45. The van der Waals surface area contributed by atoms with Gasteiger partial charge < -0.3 is 0 Å². The largest absolute Gasteiger partial charge is 0.453 e. The lowest BCUT2D eigenvalue weighted by Gasteiger charge is -2.41. The first-order valence-electron chi connectivity index (χ1n) is 9.65. The van der Waals surface area contributed by atoms with Gasteiger partial charge >= 0.3 is 12.1 Å². The van der Waals surface area contributed by atoms with E-state index in [1.807, 2.05) is 0 Å². The van der Waals surface area contributed by atoms with Crippen molar-refractivity contribution in [3.05, 3.63) is 0 Å². The van der Waals surface area contributed by atoms with Crippen molar-refractivity contribution in [2.75, 3.05) is 0 Å². The quantitative estimate of drug-likeness (QED) is 0.457. The average Bonchev–Trinajstić information content (AvgIpc) is 2.56. The summed E-state index contributed by atoms with van der Waals surface area (Å²) >= 11 is 0. The summed E-state index contributed by atoms with van der Waals surface area (Å²) in [6, 6.07) is 0. The lowest BCUT2D eigenvalue weighted by atomic mass is 9.66. The van der Waals surface area contributed by atoms with Crippen LogP contribution >= 0.6 is 0 Å². The molecule has 2 fully saturated rings. The van der Waals surface area contributed by atoms with Crippen LogP contribution in [-0.2, 0) is 0 Å². The summed E-state index contributed by atoms with van der Waals surface area (Å²) in [6.45, 7) is 4.48. The van der Waals surface area contributed by atoms with Crippen LogP contribution < -0.4 is 0 Å². The normalized spacial score (nSPS) is 33.0. The maximum absolute atomic E-state index is 13.5. The maximum Gasteiger partial charge on any atom is 0.453 e. The Morgan fingerprint density at radius 1 is 0.708 bits per heavy atom. The molecule has 5 heteroatoms. The Morgan fingerprint density at radius 2 is 1.12 bits per heavy atom. The molecule has 2 rings (SSSR count). The van der Waals surface area contributed by atoms with Gasteiger partial charge in [-0.3, -0.25) is 0 Å². The Balaban J connectivity index is 1.82. The zero-order chi connectivity index (χ0) is 18.0. The predicted molar refractivity (Wildman–Crippen MR) is 86.0 cm³/mol. The Bertz CT molecular complexity index is 370. The van der Waals surface area contributed by atoms with Crippen LogP contribution in [0.3, 0.4) is 0 Å². The first-order valence-corrected chi connectivity index (χ1v) is 9.65. The summed E-state index contributed by atoms with van der Waals surface area (Å²) in [5.74, 6) is -3.58. The highest BCUT2D eigenvalue weighted by Gasteiger charge is 2.62. The van der Waals surface area contributed by atoms with Gasteiger partial charge in [-0.1, -0.05) is 26.7 Å². The van der Waals surface area contributed by atoms with E-state index in [1.54, 1.807) is 0 Å². The molecule has 0 amide bonds. The van der Waals surface area contributed by atoms with Crippen LogP contribution in [0.5, 0.6) is 0 Å². The van der Waals surface area contributed by atoms with Gasteiger partial charge in [-0.25, -0.2) is 0 Å². The van der Waals surface area contributed by atoms with Crippen LogP contribution in [0.15, 0.2) is 0 Å². The van der Waals surface area contributed by atoms with Gasteiger partial charge in [0.05, 0.1) is 0 Å². The molecule has 0 aliphatic heterocycles. The Kier molecular flexibility index (Phi) is 6.58. The van der Waals surface area contributed by atoms with E-state index in [-0.39, 0.29) is 12.8 Å². The van der Waals surface area contributed by atoms with E-state index in [1.165, 1.54) is 25.7 Å². The molecule has 0 aromatic rings. The predicted octanol–water partition coefficient (Wildman–Crippen LogP) is 7.23. The highest BCUT2D eigenvalue weighted by atomic mass is 19.4. The number of hydrogen-bond donors (Lipinski definition) is 0. The Hall–Kier alpha value is -0.350. The zero-order valence-corrected chi connectivity index (χ0v) is 14.8. The third-order valence-electron chi connectivity index (χ3n) is 6.86. The maximum atomic E-state index is 13.5. The minimum absolute atomic E-state index is 0.0175. The summed E-state index contributed by atoms with van der Waals surface area (Å²) in [6.07, 6.45) is 2.80. The molecule has 2 saturated carbocycles. The fourth-order valence-corrected chi connectivity index (χ4v) is 5.23.